The Kier molecular flexibility index (Phi) is 9.05. The van der Waals surface area contributed by atoms with Gasteiger partial charge >= 0.3 is 0 Å². The van der Waals surface area contributed by atoms with Gasteiger partial charge in [-0.1, -0.05) is 243 Å². The van der Waals surface area contributed by atoms with Crippen molar-refractivity contribution in [2.45, 2.75) is 19.3 Å². The van der Waals surface area contributed by atoms with Crippen molar-refractivity contribution in [3.05, 3.63) is 254 Å². The fourth-order valence-electron chi connectivity index (χ4n) is 11.5. The molecule has 12 aromatic rings. The first kappa shape index (κ1) is 39.2. The maximum Gasteiger partial charge on any atom is 0.242 e. The first-order valence-corrected chi connectivity index (χ1v) is 23.5. The summed E-state index contributed by atoms with van der Waals surface area (Å²) >= 11 is 0. The molecule has 67 heavy (non-hydrogen) atoms. The number of rotatable bonds is 8. The van der Waals surface area contributed by atoms with E-state index in [0.29, 0.717) is 0 Å². The monoisotopic (exact) mass is 851 g/mol. The van der Waals surface area contributed by atoms with E-state index >= 15 is 0 Å². The first-order chi connectivity index (χ1) is 33.0. The van der Waals surface area contributed by atoms with Gasteiger partial charge in [0.15, 0.2) is 0 Å². The van der Waals surface area contributed by atoms with E-state index in [9.17, 15) is 0 Å². The summed E-state index contributed by atoms with van der Waals surface area (Å²) in [6.07, 6.45) is 0. The van der Waals surface area contributed by atoms with Gasteiger partial charge in [0.05, 0.1) is 5.69 Å². The Morgan fingerprint density at radius 3 is 1.54 bits per heavy atom. The summed E-state index contributed by atoms with van der Waals surface area (Å²) in [5.41, 5.74) is 17.5. The Morgan fingerprint density at radius 1 is 0.343 bits per heavy atom. The normalized spacial score (nSPS) is 12.7. The zero-order valence-electron chi connectivity index (χ0n) is 37.6. The standard InChI is InChI=1S/C65H46BN/c1-65(2)58-25-15-14-23-53(58)54-38-32-49(42-59(54)65)66(48-20-10-5-11-21-48)60-40-39-56-52-22-12-13-24-55(52)64-61(41-31-47-30-37-57(60)63(56)62(47)64)67(50-33-26-45(27-34-50)43-16-6-3-7-17-43)51-35-28-46(29-36-51)44-18-8-4-9-19-44/h3-42H,1-2H3. The molecular weight excluding hydrogens is 806 g/mol. The van der Waals surface area contributed by atoms with E-state index in [-0.39, 0.29) is 12.1 Å². The predicted molar refractivity (Wildman–Crippen MR) is 288 cm³/mol. The van der Waals surface area contributed by atoms with Crippen molar-refractivity contribution in [2.24, 2.45) is 0 Å². The number of anilines is 3. The Bertz CT molecular complexity index is 3720. The first-order valence-electron chi connectivity index (χ1n) is 23.5. The van der Waals surface area contributed by atoms with Crippen LogP contribution < -0.4 is 21.3 Å². The van der Waals surface area contributed by atoms with Crippen LogP contribution in [0.1, 0.15) is 25.0 Å². The molecule has 0 unspecified atom stereocenters. The minimum absolute atomic E-state index is 0.0177. The van der Waals surface area contributed by atoms with E-state index in [2.05, 4.69) is 261 Å². The largest absolute Gasteiger partial charge is 0.310 e. The lowest BCUT2D eigenvalue weighted by atomic mass is 9.36. The topological polar surface area (TPSA) is 3.24 Å². The highest BCUT2D eigenvalue weighted by Crippen LogP contribution is 2.50. The van der Waals surface area contributed by atoms with Crippen LogP contribution in [0.3, 0.4) is 0 Å². The highest BCUT2D eigenvalue weighted by atomic mass is 15.1. The van der Waals surface area contributed by atoms with Gasteiger partial charge in [0.1, 0.15) is 0 Å². The van der Waals surface area contributed by atoms with Crippen molar-refractivity contribution in [1.82, 2.24) is 0 Å². The van der Waals surface area contributed by atoms with E-state index in [1.54, 1.807) is 0 Å². The molecule has 0 radical (unpaired) electrons. The average molecular weight is 852 g/mol. The van der Waals surface area contributed by atoms with E-state index in [0.717, 1.165) is 17.1 Å². The molecule has 12 aromatic carbocycles. The van der Waals surface area contributed by atoms with Gasteiger partial charge in [-0.05, 0) is 107 Å². The second-order valence-electron chi connectivity index (χ2n) is 18.8. The van der Waals surface area contributed by atoms with Crippen molar-refractivity contribution in [1.29, 1.82) is 0 Å². The van der Waals surface area contributed by atoms with Crippen LogP contribution in [0, 0.1) is 0 Å². The fraction of sp³-hybridized carbons (Fsp3) is 0.0462. The van der Waals surface area contributed by atoms with Crippen LogP contribution in [-0.2, 0) is 5.41 Å². The Hall–Kier alpha value is -8.20. The lowest BCUT2D eigenvalue weighted by molar-refractivity contribution is 0.661. The van der Waals surface area contributed by atoms with Crippen molar-refractivity contribution >= 4 is 83.3 Å². The number of hydrogen-bond donors (Lipinski definition) is 0. The minimum Gasteiger partial charge on any atom is -0.310 e. The molecule has 0 aromatic heterocycles. The van der Waals surface area contributed by atoms with E-state index in [4.69, 9.17) is 0 Å². The van der Waals surface area contributed by atoms with Crippen molar-refractivity contribution < 1.29 is 0 Å². The van der Waals surface area contributed by atoms with Crippen LogP contribution >= 0.6 is 0 Å². The maximum atomic E-state index is 2.52. The van der Waals surface area contributed by atoms with Gasteiger partial charge in [-0.15, -0.1) is 0 Å². The number of benzene rings is 12. The smallest absolute Gasteiger partial charge is 0.242 e. The summed E-state index contributed by atoms with van der Waals surface area (Å²) in [6, 6.07) is 90.3. The highest BCUT2D eigenvalue weighted by molar-refractivity contribution is 6.97. The molecule has 0 spiro atoms. The van der Waals surface area contributed by atoms with Crippen LogP contribution in [0.25, 0.3) is 76.5 Å². The van der Waals surface area contributed by atoms with Gasteiger partial charge in [-0.2, -0.15) is 0 Å². The van der Waals surface area contributed by atoms with Gasteiger partial charge in [-0.25, -0.2) is 0 Å². The third-order valence-corrected chi connectivity index (χ3v) is 14.8. The van der Waals surface area contributed by atoms with Crippen LogP contribution in [0.15, 0.2) is 243 Å². The third kappa shape index (κ3) is 6.24. The molecule has 314 valence electrons. The zero-order valence-corrected chi connectivity index (χ0v) is 37.6. The second kappa shape index (κ2) is 15.5. The average Bonchev–Trinajstić information content (AvgIpc) is 3.62. The third-order valence-electron chi connectivity index (χ3n) is 14.8. The van der Waals surface area contributed by atoms with Crippen LogP contribution in [0.5, 0.6) is 0 Å². The lowest BCUT2D eigenvalue weighted by Gasteiger charge is -2.29. The Labute approximate surface area is 392 Å². The fourth-order valence-corrected chi connectivity index (χ4v) is 11.5. The summed E-state index contributed by atoms with van der Waals surface area (Å²) in [5.74, 6) is 0. The molecule has 13 rings (SSSR count). The molecule has 0 heterocycles. The maximum absolute atomic E-state index is 2.52. The molecule has 0 amide bonds. The summed E-state index contributed by atoms with van der Waals surface area (Å²) in [4.78, 5) is 2.47. The van der Waals surface area contributed by atoms with Gasteiger partial charge in [0, 0.05) is 27.6 Å². The quantitative estimate of drug-likeness (QED) is 0.0836. The highest BCUT2D eigenvalue weighted by Gasteiger charge is 2.37. The Balaban J connectivity index is 1.06. The molecule has 1 aliphatic carbocycles. The molecule has 0 bridgehead atoms. The molecule has 0 aliphatic heterocycles. The predicted octanol–water partition coefficient (Wildman–Crippen LogP) is 15.4. The molecule has 2 heteroatoms. The Morgan fingerprint density at radius 2 is 0.866 bits per heavy atom. The number of fused-ring (bicyclic) bond motifs is 6. The van der Waals surface area contributed by atoms with Crippen molar-refractivity contribution in [3.63, 3.8) is 0 Å². The van der Waals surface area contributed by atoms with E-state index < -0.39 is 0 Å². The van der Waals surface area contributed by atoms with Crippen LogP contribution in [0.4, 0.5) is 17.1 Å². The SMILES string of the molecule is CC1(C)c2ccccc2-c2ccc(B(c3ccccc3)c3ccc4c5ccccc5c5c(N(c6ccc(-c7ccccc7)cc6)c6ccc(-c7ccccc7)cc6)ccc6ccc3c4c65)cc21. The van der Waals surface area contributed by atoms with Crippen LogP contribution in [-0.4, -0.2) is 6.71 Å². The van der Waals surface area contributed by atoms with E-state index in [1.165, 1.54) is 104 Å². The molecule has 0 fully saturated rings. The molecule has 0 atom stereocenters. The summed E-state index contributed by atoms with van der Waals surface area (Å²) < 4.78 is 0. The number of nitrogens with zero attached hydrogens (tertiary/aromatic N) is 1. The van der Waals surface area contributed by atoms with Gasteiger partial charge < -0.3 is 4.90 Å². The summed E-state index contributed by atoms with van der Waals surface area (Å²) in [6.45, 7) is 4.79. The van der Waals surface area contributed by atoms with Gasteiger partial charge in [-0.3, -0.25) is 0 Å². The van der Waals surface area contributed by atoms with E-state index in [1.807, 2.05) is 0 Å². The number of hydrogen-bond acceptors (Lipinski definition) is 1. The lowest BCUT2D eigenvalue weighted by Crippen LogP contribution is -2.52. The molecule has 0 N–H and O–H groups in total. The molecule has 0 saturated heterocycles. The zero-order chi connectivity index (χ0) is 44.6. The van der Waals surface area contributed by atoms with Crippen molar-refractivity contribution in [2.75, 3.05) is 4.90 Å². The molecule has 0 saturated carbocycles. The minimum atomic E-state index is -0.100. The molecular formula is C65H46BN. The summed E-state index contributed by atoms with van der Waals surface area (Å²) in [5, 5.41) is 10.2. The van der Waals surface area contributed by atoms with Gasteiger partial charge in [0.2, 0.25) is 6.71 Å². The second-order valence-corrected chi connectivity index (χ2v) is 18.8. The van der Waals surface area contributed by atoms with Crippen molar-refractivity contribution in [3.8, 4) is 33.4 Å². The molecule has 1 aliphatic rings. The van der Waals surface area contributed by atoms with Crippen LogP contribution in [0.2, 0.25) is 0 Å². The van der Waals surface area contributed by atoms with Gasteiger partial charge in [0.25, 0.3) is 0 Å². The summed E-state index contributed by atoms with van der Waals surface area (Å²) in [7, 11) is 0. The molecule has 1 nitrogen and oxygen atoms in total.